The van der Waals surface area contributed by atoms with Crippen molar-refractivity contribution in [1.82, 2.24) is 4.90 Å². The van der Waals surface area contributed by atoms with E-state index in [4.69, 9.17) is 0 Å². The highest BCUT2D eigenvalue weighted by atomic mass is 32.2. The molecule has 1 saturated carbocycles. The smallest absolute Gasteiger partial charge is 0.435 e. The molecule has 0 radical (unpaired) electrons. The average Bonchev–Trinajstić information content (AvgIpc) is 3.47. The van der Waals surface area contributed by atoms with E-state index in [0.717, 1.165) is 29.2 Å². The fourth-order valence-corrected chi connectivity index (χ4v) is 9.19. The number of aliphatic carboxylic acids is 1. The highest BCUT2D eigenvalue weighted by molar-refractivity contribution is 7.92. The van der Waals surface area contributed by atoms with Crippen molar-refractivity contribution in [1.29, 1.82) is 0 Å². The Labute approximate surface area is 244 Å². The fraction of sp³-hybridized carbons (Fsp3) is 0.500. The zero-order valence-corrected chi connectivity index (χ0v) is 23.3. The number of alkyl halides is 8. The van der Waals surface area contributed by atoms with Crippen LogP contribution in [0.15, 0.2) is 47.4 Å². The van der Waals surface area contributed by atoms with Crippen molar-refractivity contribution in [2.75, 3.05) is 6.54 Å². The van der Waals surface area contributed by atoms with Crippen LogP contribution in [0.4, 0.5) is 39.5 Å². The molecule has 1 amide bonds. The first-order valence-electron chi connectivity index (χ1n) is 13.4. The van der Waals surface area contributed by atoms with E-state index < -0.39 is 110 Å². The molecular formula is C28H24F9NO5S. The molecule has 2 aromatic carbocycles. The number of hydrogen-bond acceptors (Lipinski definition) is 4. The maximum absolute atomic E-state index is 16.0. The van der Waals surface area contributed by atoms with E-state index in [0.29, 0.717) is 6.07 Å². The number of rotatable bonds is 5. The predicted molar refractivity (Wildman–Crippen MR) is 134 cm³/mol. The average molecular weight is 658 g/mol. The van der Waals surface area contributed by atoms with Crippen molar-refractivity contribution in [2.45, 2.75) is 77.9 Å². The van der Waals surface area contributed by atoms with Gasteiger partial charge in [0, 0.05) is 12.1 Å². The summed E-state index contributed by atoms with van der Waals surface area (Å²) in [5, 5.41) is 9.24. The minimum absolute atomic E-state index is 0.193. The van der Waals surface area contributed by atoms with Gasteiger partial charge in [-0.2, -0.15) is 26.3 Å². The van der Waals surface area contributed by atoms with Gasteiger partial charge in [0.2, 0.25) is 0 Å². The molecule has 5 rings (SSSR count). The lowest BCUT2D eigenvalue weighted by Crippen LogP contribution is -2.53. The Morgan fingerprint density at radius 1 is 0.886 bits per heavy atom. The van der Waals surface area contributed by atoms with Crippen molar-refractivity contribution in [3.05, 3.63) is 65.0 Å². The van der Waals surface area contributed by atoms with Gasteiger partial charge in [-0.1, -0.05) is 18.2 Å². The quantitative estimate of drug-likeness (QED) is 0.319. The molecule has 0 spiro atoms. The number of amides is 1. The summed E-state index contributed by atoms with van der Waals surface area (Å²) in [6, 6.07) is 3.00. The lowest BCUT2D eigenvalue weighted by molar-refractivity contribution is -0.348. The Morgan fingerprint density at radius 2 is 1.45 bits per heavy atom. The maximum atomic E-state index is 16.0. The van der Waals surface area contributed by atoms with Crippen LogP contribution in [-0.4, -0.2) is 60.9 Å². The summed E-state index contributed by atoms with van der Waals surface area (Å²) >= 11 is 0. The second-order valence-electron chi connectivity index (χ2n) is 11.4. The van der Waals surface area contributed by atoms with E-state index in [9.17, 15) is 58.2 Å². The molecule has 2 unspecified atom stereocenters. The number of carboxylic acid groups (broad SMARTS) is 1. The van der Waals surface area contributed by atoms with E-state index in [1.807, 2.05) is 0 Å². The fourth-order valence-electron chi connectivity index (χ4n) is 6.85. The molecule has 0 aromatic heterocycles. The number of benzene rings is 2. The molecule has 2 atom stereocenters. The van der Waals surface area contributed by atoms with Gasteiger partial charge in [0.25, 0.3) is 5.91 Å². The molecule has 1 saturated heterocycles. The summed E-state index contributed by atoms with van der Waals surface area (Å²) < 4.78 is 152. The molecule has 2 aromatic rings. The summed E-state index contributed by atoms with van der Waals surface area (Å²) in [6.45, 7) is -0.378. The minimum atomic E-state index is -6.44. The van der Waals surface area contributed by atoms with Crippen LogP contribution in [0.1, 0.15) is 48.8 Å². The molecule has 44 heavy (non-hydrogen) atoms. The Bertz CT molecular complexity index is 1580. The van der Waals surface area contributed by atoms with Crippen molar-refractivity contribution >= 4 is 21.7 Å². The van der Waals surface area contributed by atoms with Crippen LogP contribution < -0.4 is 0 Å². The second kappa shape index (κ2) is 10.1. The zero-order chi connectivity index (χ0) is 32.7. The van der Waals surface area contributed by atoms with Gasteiger partial charge in [-0.3, -0.25) is 9.59 Å². The number of sulfone groups is 1. The SMILES string of the molecule is O=C(O)C1CCC(F)(C(=O)N2CCC3(S(=O)(=O)c4ccc(F)cc4)c4ccc(C(F)(C(F)(F)F)C(F)(F)F)cc4CC23)CC1. The molecule has 1 aliphatic heterocycles. The summed E-state index contributed by atoms with van der Waals surface area (Å²) in [6.07, 6.45) is -15.4. The molecule has 2 aliphatic carbocycles. The molecule has 16 heteroatoms. The third kappa shape index (κ3) is 4.49. The Kier molecular flexibility index (Phi) is 7.37. The Balaban J connectivity index is 1.64. The molecule has 0 bridgehead atoms. The van der Waals surface area contributed by atoms with Gasteiger partial charge >= 0.3 is 24.0 Å². The number of hydrogen-bond donors (Lipinski definition) is 1. The van der Waals surface area contributed by atoms with Gasteiger partial charge in [0.05, 0.1) is 16.9 Å². The standard InChI is InChI=1S/C28H24F9NO5S/c29-18-2-4-19(5-3-18)44(42,43)25-11-12-38(23(41)24(30)9-7-15(8-10-24)22(39)40)21(25)14-16-13-17(1-6-20(16)25)26(31,27(32,33)34)28(35,36)37/h1-6,13,15,21H,7-12,14H2,(H,39,40). The number of likely N-dealkylation sites (tertiary alicyclic amines) is 1. The van der Waals surface area contributed by atoms with Crippen LogP contribution in [0, 0.1) is 11.7 Å². The van der Waals surface area contributed by atoms with Crippen molar-refractivity contribution < 1.29 is 62.6 Å². The third-order valence-corrected chi connectivity index (χ3v) is 11.7. The normalized spacial score (nSPS) is 27.6. The van der Waals surface area contributed by atoms with Gasteiger partial charge in [0.1, 0.15) is 10.6 Å². The molecule has 6 nitrogen and oxygen atoms in total. The third-order valence-electron chi connectivity index (χ3n) is 9.17. The lowest BCUT2D eigenvalue weighted by atomic mass is 9.79. The topological polar surface area (TPSA) is 91.8 Å². The first-order valence-corrected chi connectivity index (χ1v) is 14.9. The largest absolute Gasteiger partial charge is 0.481 e. The van der Waals surface area contributed by atoms with E-state index in [-0.39, 0.29) is 37.1 Å². The van der Waals surface area contributed by atoms with E-state index in [1.165, 1.54) is 0 Å². The van der Waals surface area contributed by atoms with Crippen molar-refractivity contribution in [2.24, 2.45) is 5.92 Å². The van der Waals surface area contributed by atoms with E-state index in [1.54, 1.807) is 0 Å². The maximum Gasteiger partial charge on any atom is 0.435 e. The summed E-state index contributed by atoms with van der Waals surface area (Å²) in [5.41, 5.74) is -11.0. The number of halogens is 9. The number of carbonyl (C=O) groups is 2. The number of nitrogens with zero attached hydrogens (tertiary/aromatic N) is 1. The highest BCUT2D eigenvalue weighted by Crippen LogP contribution is 2.58. The van der Waals surface area contributed by atoms with Crippen molar-refractivity contribution in [3.63, 3.8) is 0 Å². The van der Waals surface area contributed by atoms with Gasteiger partial charge < -0.3 is 10.0 Å². The number of carboxylic acids is 1. The molecule has 1 N–H and O–H groups in total. The molecule has 240 valence electrons. The predicted octanol–water partition coefficient (Wildman–Crippen LogP) is 5.92. The summed E-state index contributed by atoms with van der Waals surface area (Å²) in [7, 11) is -4.71. The van der Waals surface area contributed by atoms with Crippen LogP contribution in [0.3, 0.4) is 0 Å². The van der Waals surface area contributed by atoms with Gasteiger partial charge in [-0.25, -0.2) is 21.6 Å². The van der Waals surface area contributed by atoms with E-state index in [2.05, 4.69) is 0 Å². The number of carbonyl (C=O) groups excluding carboxylic acids is 1. The van der Waals surface area contributed by atoms with Crippen molar-refractivity contribution in [3.8, 4) is 0 Å². The molecule has 2 fully saturated rings. The van der Waals surface area contributed by atoms with Crippen LogP contribution in [0.5, 0.6) is 0 Å². The lowest BCUT2D eigenvalue weighted by Gasteiger charge is -2.38. The zero-order valence-electron chi connectivity index (χ0n) is 22.5. The van der Waals surface area contributed by atoms with E-state index >= 15 is 4.39 Å². The van der Waals surface area contributed by atoms with Gasteiger partial charge in [0.15, 0.2) is 15.5 Å². The van der Waals surface area contributed by atoms with Gasteiger partial charge in [-0.05, 0) is 73.9 Å². The minimum Gasteiger partial charge on any atom is -0.481 e. The molecule has 1 heterocycles. The van der Waals surface area contributed by atoms with Crippen LogP contribution in [-0.2, 0) is 36.3 Å². The van der Waals surface area contributed by atoms with Crippen LogP contribution in [0.2, 0.25) is 0 Å². The first-order chi connectivity index (χ1) is 20.2. The van der Waals surface area contributed by atoms with Crippen LogP contribution in [0.25, 0.3) is 0 Å². The summed E-state index contributed by atoms with van der Waals surface area (Å²) in [4.78, 5) is 25.4. The second-order valence-corrected chi connectivity index (χ2v) is 13.6. The number of fused-ring (bicyclic) bond motifs is 3. The molecule has 3 aliphatic rings. The monoisotopic (exact) mass is 657 g/mol. The first kappa shape index (κ1) is 32.1. The Hall–Kier alpha value is -3.30. The summed E-state index contributed by atoms with van der Waals surface area (Å²) in [5.74, 6) is -4.11. The van der Waals surface area contributed by atoms with Gasteiger partial charge in [-0.15, -0.1) is 0 Å². The van der Waals surface area contributed by atoms with Crippen LogP contribution >= 0.6 is 0 Å². The highest BCUT2D eigenvalue weighted by Gasteiger charge is 2.74. The Morgan fingerprint density at radius 3 is 1.98 bits per heavy atom. The molecular weight excluding hydrogens is 633 g/mol.